The molecule has 0 bridgehead atoms. The molecule has 1 amide bonds. The molecule has 1 fully saturated rings. The van der Waals surface area contributed by atoms with Gasteiger partial charge in [-0.1, -0.05) is 41.9 Å². The Bertz CT molecular complexity index is 990. The number of aromatic nitrogens is 2. The third kappa shape index (κ3) is 3.02. The van der Waals surface area contributed by atoms with Crippen LogP contribution in [0, 0.1) is 0 Å². The molecule has 0 aliphatic carbocycles. The molecule has 1 aliphatic heterocycles. The van der Waals surface area contributed by atoms with E-state index < -0.39 is 6.04 Å². The minimum atomic E-state index is -0.728. The number of imidazole rings is 1. The third-order valence-corrected chi connectivity index (χ3v) is 4.95. The largest absolute Gasteiger partial charge is 0.338 e. The van der Waals surface area contributed by atoms with Crippen molar-refractivity contribution in [3.8, 4) is 0 Å². The van der Waals surface area contributed by atoms with Crippen LogP contribution in [-0.4, -0.2) is 46.5 Å². The number of hydrogen-bond donors (Lipinski definition) is 2. The molecule has 1 aliphatic rings. The molecule has 0 saturated carbocycles. The fourth-order valence-corrected chi connectivity index (χ4v) is 3.61. The van der Waals surface area contributed by atoms with E-state index in [1.54, 1.807) is 18.2 Å². The number of rotatable bonds is 3. The highest BCUT2D eigenvalue weighted by molar-refractivity contribution is 6.31. The molecular formula is C19H19ClN4O2. The molecule has 2 N–H and O–H groups in total. The predicted molar refractivity (Wildman–Crippen MR) is 102 cm³/mol. The van der Waals surface area contributed by atoms with Crippen LogP contribution in [0.3, 0.4) is 0 Å². The summed E-state index contributed by atoms with van der Waals surface area (Å²) in [5.74, 6) is -0.0827. The highest BCUT2D eigenvalue weighted by Crippen LogP contribution is 2.26. The van der Waals surface area contributed by atoms with Crippen LogP contribution in [0.25, 0.3) is 11.0 Å². The number of carbonyl (C=O) groups is 1. The zero-order valence-electron chi connectivity index (χ0n) is 14.1. The van der Waals surface area contributed by atoms with Crippen LogP contribution in [0.4, 0.5) is 0 Å². The maximum atomic E-state index is 13.4. The first-order valence-electron chi connectivity index (χ1n) is 8.59. The molecule has 2 aromatic carbocycles. The second-order valence-corrected chi connectivity index (χ2v) is 6.79. The molecule has 1 unspecified atom stereocenters. The summed E-state index contributed by atoms with van der Waals surface area (Å²) in [6.45, 7) is 2.75. The molecule has 3 aromatic rings. The van der Waals surface area contributed by atoms with Gasteiger partial charge < -0.3 is 15.2 Å². The van der Waals surface area contributed by atoms with Crippen LogP contribution >= 0.6 is 11.6 Å². The number of aromatic amines is 1. The summed E-state index contributed by atoms with van der Waals surface area (Å²) < 4.78 is 1.51. The molecule has 7 heteroatoms. The first-order valence-corrected chi connectivity index (χ1v) is 8.97. The molecule has 0 radical (unpaired) electrons. The lowest BCUT2D eigenvalue weighted by Crippen LogP contribution is -2.49. The number of piperazine rings is 1. The Hall–Kier alpha value is -2.57. The Morgan fingerprint density at radius 3 is 2.54 bits per heavy atom. The fraction of sp³-hybridized carbons (Fsp3) is 0.263. The SMILES string of the molecule is O=C(C(c1ccccc1)n1c(=O)[nH]c2ccc(Cl)cc21)N1CCNCC1. The summed E-state index contributed by atoms with van der Waals surface area (Å²) >= 11 is 6.15. The summed E-state index contributed by atoms with van der Waals surface area (Å²) in [5.41, 5.74) is 1.74. The fourth-order valence-electron chi connectivity index (χ4n) is 3.45. The van der Waals surface area contributed by atoms with E-state index in [2.05, 4.69) is 10.3 Å². The second-order valence-electron chi connectivity index (χ2n) is 6.35. The van der Waals surface area contributed by atoms with Gasteiger partial charge in [0.05, 0.1) is 11.0 Å². The van der Waals surface area contributed by atoms with Crippen LogP contribution in [-0.2, 0) is 4.79 Å². The highest BCUT2D eigenvalue weighted by Gasteiger charge is 2.30. The van der Waals surface area contributed by atoms with Crippen LogP contribution in [0.1, 0.15) is 11.6 Å². The summed E-state index contributed by atoms with van der Waals surface area (Å²) in [6, 6.07) is 13.9. The Kier molecular flexibility index (Phi) is 4.53. The lowest BCUT2D eigenvalue weighted by molar-refractivity contribution is -0.134. The second kappa shape index (κ2) is 6.97. The summed E-state index contributed by atoms with van der Waals surface area (Å²) in [5, 5.41) is 3.77. The van der Waals surface area contributed by atoms with Crippen molar-refractivity contribution >= 4 is 28.5 Å². The summed E-state index contributed by atoms with van der Waals surface area (Å²) in [7, 11) is 0. The van der Waals surface area contributed by atoms with Crippen molar-refractivity contribution in [1.82, 2.24) is 19.8 Å². The number of hydrogen-bond acceptors (Lipinski definition) is 3. The van der Waals surface area contributed by atoms with Crippen molar-refractivity contribution in [3.63, 3.8) is 0 Å². The van der Waals surface area contributed by atoms with Crippen molar-refractivity contribution in [2.75, 3.05) is 26.2 Å². The standard InChI is InChI=1S/C19H19ClN4O2/c20-14-6-7-15-16(12-14)24(19(26)22-15)17(13-4-2-1-3-5-13)18(25)23-10-8-21-9-11-23/h1-7,12,17,21H,8-11H2,(H,22,26). The smallest absolute Gasteiger partial charge is 0.327 e. The van der Waals surface area contributed by atoms with Gasteiger partial charge in [0.1, 0.15) is 6.04 Å². The van der Waals surface area contributed by atoms with E-state index in [1.165, 1.54) is 4.57 Å². The average Bonchev–Trinajstić information content (AvgIpc) is 2.99. The number of halogens is 1. The van der Waals surface area contributed by atoms with Gasteiger partial charge in [-0.25, -0.2) is 4.79 Å². The van der Waals surface area contributed by atoms with Crippen molar-refractivity contribution in [1.29, 1.82) is 0 Å². The van der Waals surface area contributed by atoms with E-state index in [1.807, 2.05) is 35.2 Å². The van der Waals surface area contributed by atoms with Crippen LogP contribution in [0.15, 0.2) is 53.3 Å². The van der Waals surface area contributed by atoms with Gasteiger partial charge in [-0.05, 0) is 23.8 Å². The van der Waals surface area contributed by atoms with Gasteiger partial charge in [-0.15, -0.1) is 0 Å². The molecule has 134 valence electrons. The number of benzene rings is 2. The molecule has 1 aromatic heterocycles. The minimum Gasteiger partial charge on any atom is -0.338 e. The number of fused-ring (bicyclic) bond motifs is 1. The molecule has 4 rings (SSSR count). The van der Waals surface area contributed by atoms with Crippen LogP contribution < -0.4 is 11.0 Å². The van der Waals surface area contributed by atoms with Crippen molar-refractivity contribution < 1.29 is 4.79 Å². The molecule has 2 heterocycles. The Morgan fingerprint density at radius 2 is 1.81 bits per heavy atom. The number of amides is 1. The van der Waals surface area contributed by atoms with Gasteiger partial charge in [-0.2, -0.15) is 0 Å². The van der Waals surface area contributed by atoms with E-state index in [0.717, 1.165) is 18.7 Å². The van der Waals surface area contributed by atoms with Crippen molar-refractivity contribution in [2.24, 2.45) is 0 Å². The van der Waals surface area contributed by atoms with Gasteiger partial charge in [0.2, 0.25) is 0 Å². The first-order chi connectivity index (χ1) is 12.6. The zero-order chi connectivity index (χ0) is 18.1. The molecule has 6 nitrogen and oxygen atoms in total. The number of carbonyl (C=O) groups excluding carboxylic acids is 1. The van der Waals surface area contributed by atoms with E-state index in [0.29, 0.717) is 29.1 Å². The highest BCUT2D eigenvalue weighted by atomic mass is 35.5. The van der Waals surface area contributed by atoms with E-state index in [-0.39, 0.29) is 11.6 Å². The minimum absolute atomic E-state index is 0.0827. The molecule has 1 saturated heterocycles. The van der Waals surface area contributed by atoms with E-state index in [9.17, 15) is 9.59 Å². The monoisotopic (exact) mass is 370 g/mol. The normalized spacial score (nSPS) is 16.0. The number of nitrogens with zero attached hydrogens (tertiary/aromatic N) is 2. The first kappa shape index (κ1) is 16.9. The van der Waals surface area contributed by atoms with Gasteiger partial charge in [0.25, 0.3) is 5.91 Å². The van der Waals surface area contributed by atoms with Gasteiger partial charge >= 0.3 is 5.69 Å². The lowest BCUT2D eigenvalue weighted by Gasteiger charge is -2.31. The van der Waals surface area contributed by atoms with Gasteiger partial charge in [0, 0.05) is 31.2 Å². The van der Waals surface area contributed by atoms with Crippen LogP contribution in [0.5, 0.6) is 0 Å². The third-order valence-electron chi connectivity index (χ3n) is 4.72. The quantitative estimate of drug-likeness (QED) is 0.741. The van der Waals surface area contributed by atoms with Gasteiger partial charge in [-0.3, -0.25) is 9.36 Å². The zero-order valence-corrected chi connectivity index (χ0v) is 14.9. The van der Waals surface area contributed by atoms with E-state index in [4.69, 9.17) is 11.6 Å². The summed E-state index contributed by atoms with van der Waals surface area (Å²) in [6.07, 6.45) is 0. The maximum Gasteiger partial charge on any atom is 0.327 e. The number of H-pyrrole nitrogens is 1. The molecular weight excluding hydrogens is 352 g/mol. The predicted octanol–water partition coefficient (Wildman–Crippen LogP) is 2.00. The molecule has 26 heavy (non-hydrogen) atoms. The van der Waals surface area contributed by atoms with E-state index >= 15 is 0 Å². The number of nitrogens with one attached hydrogen (secondary N) is 2. The van der Waals surface area contributed by atoms with Crippen molar-refractivity contribution in [3.05, 3.63) is 69.6 Å². The Morgan fingerprint density at radius 1 is 1.08 bits per heavy atom. The lowest BCUT2D eigenvalue weighted by atomic mass is 10.0. The van der Waals surface area contributed by atoms with Crippen molar-refractivity contribution in [2.45, 2.75) is 6.04 Å². The topological polar surface area (TPSA) is 70.1 Å². The summed E-state index contributed by atoms with van der Waals surface area (Å²) in [4.78, 5) is 30.7. The molecule has 0 spiro atoms. The Balaban J connectivity index is 1.89. The average molecular weight is 371 g/mol. The Labute approximate surface area is 155 Å². The van der Waals surface area contributed by atoms with Crippen LogP contribution in [0.2, 0.25) is 5.02 Å². The maximum absolute atomic E-state index is 13.4. The van der Waals surface area contributed by atoms with Gasteiger partial charge in [0.15, 0.2) is 0 Å². The molecule has 1 atom stereocenters.